The van der Waals surface area contributed by atoms with Gasteiger partial charge in [0.15, 0.2) is 0 Å². The predicted octanol–water partition coefficient (Wildman–Crippen LogP) is 4.17. The van der Waals surface area contributed by atoms with Crippen LogP contribution in [0.15, 0.2) is 24.3 Å². The van der Waals surface area contributed by atoms with Gasteiger partial charge >= 0.3 is 0 Å². The van der Waals surface area contributed by atoms with E-state index in [-0.39, 0.29) is 0 Å². The Labute approximate surface area is 87.3 Å². The number of hydrogen-bond acceptors (Lipinski definition) is 0. The summed E-state index contributed by atoms with van der Waals surface area (Å²) in [5.41, 5.74) is 1.54. The normalized spacial score (nSPS) is 18.1. The summed E-state index contributed by atoms with van der Waals surface area (Å²) in [6.07, 6.45) is 6.98. The first-order valence-corrected chi connectivity index (χ1v) is 5.88. The lowest BCUT2D eigenvalue weighted by Gasteiger charge is -2.15. The summed E-state index contributed by atoms with van der Waals surface area (Å²) in [6.45, 7) is 2.28. The lowest BCUT2D eigenvalue weighted by Crippen LogP contribution is -2.00. The molecule has 0 heteroatoms. The van der Waals surface area contributed by atoms with Crippen molar-refractivity contribution in [2.45, 2.75) is 44.9 Å². The van der Waals surface area contributed by atoms with Gasteiger partial charge in [0.2, 0.25) is 0 Å². The first-order chi connectivity index (χ1) is 6.92. The highest BCUT2D eigenvalue weighted by atomic mass is 14.4. The number of rotatable bonds is 5. The smallest absolute Gasteiger partial charge is 0.0134 e. The van der Waals surface area contributed by atoms with Crippen LogP contribution in [0.1, 0.15) is 50.5 Å². The Morgan fingerprint density at radius 3 is 2.64 bits per heavy atom. The average molecular weight is 187 g/mol. The van der Waals surface area contributed by atoms with Gasteiger partial charge in [-0.1, -0.05) is 44.0 Å². The van der Waals surface area contributed by atoms with Crippen molar-refractivity contribution in [3.05, 3.63) is 35.9 Å². The van der Waals surface area contributed by atoms with Crippen LogP contribution in [0.5, 0.6) is 0 Å². The van der Waals surface area contributed by atoms with Crippen LogP contribution in [-0.4, -0.2) is 0 Å². The first-order valence-electron chi connectivity index (χ1n) is 5.88. The number of unbranched alkanes of at least 4 members (excludes halogenated alkanes) is 1. The second-order valence-electron chi connectivity index (χ2n) is 4.42. The zero-order chi connectivity index (χ0) is 9.80. The molecule has 1 radical (unpaired) electrons. The van der Waals surface area contributed by atoms with Gasteiger partial charge in [-0.25, -0.2) is 0 Å². The molecule has 1 aliphatic carbocycles. The van der Waals surface area contributed by atoms with Crippen LogP contribution in [0.25, 0.3) is 0 Å². The van der Waals surface area contributed by atoms with Crippen LogP contribution >= 0.6 is 0 Å². The highest BCUT2D eigenvalue weighted by molar-refractivity contribution is 5.21. The van der Waals surface area contributed by atoms with Gasteiger partial charge < -0.3 is 0 Å². The molecule has 1 aromatic carbocycles. The van der Waals surface area contributed by atoms with E-state index in [1.807, 2.05) is 0 Å². The molecule has 0 spiro atoms. The summed E-state index contributed by atoms with van der Waals surface area (Å²) < 4.78 is 0. The van der Waals surface area contributed by atoms with Crippen molar-refractivity contribution in [3.63, 3.8) is 0 Å². The van der Waals surface area contributed by atoms with Crippen LogP contribution in [-0.2, 0) is 0 Å². The average Bonchev–Trinajstić information content (AvgIpc) is 3.04. The zero-order valence-corrected chi connectivity index (χ0v) is 9.00. The van der Waals surface area contributed by atoms with Gasteiger partial charge in [-0.15, -0.1) is 0 Å². The first kappa shape index (κ1) is 9.76. The van der Waals surface area contributed by atoms with E-state index in [1.54, 1.807) is 5.56 Å². The standard InChI is InChI=1S/C14H19/c1-2-3-9-14(13-10-11-13)12-7-5-4-6-8-12/h5-8,13-14H,2-3,9-11H2,1H3. The molecule has 1 unspecified atom stereocenters. The third kappa shape index (κ3) is 2.37. The van der Waals surface area contributed by atoms with Crippen molar-refractivity contribution in [2.24, 2.45) is 5.92 Å². The highest BCUT2D eigenvalue weighted by Crippen LogP contribution is 2.45. The van der Waals surface area contributed by atoms with Gasteiger partial charge in [-0.3, -0.25) is 0 Å². The van der Waals surface area contributed by atoms with E-state index in [0.717, 1.165) is 11.8 Å². The van der Waals surface area contributed by atoms with E-state index >= 15 is 0 Å². The molecule has 0 amide bonds. The second kappa shape index (κ2) is 4.63. The Kier molecular flexibility index (Phi) is 3.23. The molecular formula is C14H19. The third-order valence-electron chi connectivity index (χ3n) is 3.23. The summed E-state index contributed by atoms with van der Waals surface area (Å²) in [5, 5.41) is 0. The van der Waals surface area contributed by atoms with E-state index < -0.39 is 0 Å². The van der Waals surface area contributed by atoms with Gasteiger partial charge in [0, 0.05) is 0 Å². The fraction of sp³-hybridized carbons (Fsp3) is 0.571. The van der Waals surface area contributed by atoms with Crippen LogP contribution in [0, 0.1) is 12.0 Å². The second-order valence-corrected chi connectivity index (χ2v) is 4.42. The summed E-state index contributed by atoms with van der Waals surface area (Å²) in [6, 6.07) is 11.7. The van der Waals surface area contributed by atoms with Crippen LogP contribution in [0.2, 0.25) is 0 Å². The molecule has 1 saturated carbocycles. The van der Waals surface area contributed by atoms with Crippen LogP contribution in [0.3, 0.4) is 0 Å². The van der Waals surface area contributed by atoms with Crippen molar-refractivity contribution in [3.8, 4) is 0 Å². The highest BCUT2D eigenvalue weighted by Gasteiger charge is 2.31. The van der Waals surface area contributed by atoms with E-state index in [4.69, 9.17) is 0 Å². The van der Waals surface area contributed by atoms with Gasteiger partial charge in [0.25, 0.3) is 0 Å². The lowest BCUT2D eigenvalue weighted by molar-refractivity contribution is 0.530. The minimum atomic E-state index is 0.838. The molecule has 0 N–H and O–H groups in total. The molecule has 1 aromatic rings. The van der Waals surface area contributed by atoms with Gasteiger partial charge in [-0.05, 0) is 42.7 Å². The SMILES string of the molecule is CCCCC(c1cc[c]cc1)C1CC1. The van der Waals surface area contributed by atoms with Crippen molar-refractivity contribution < 1.29 is 0 Å². The monoisotopic (exact) mass is 187 g/mol. The molecular weight excluding hydrogens is 168 g/mol. The number of hydrogen-bond donors (Lipinski definition) is 0. The maximum absolute atomic E-state index is 3.10. The van der Waals surface area contributed by atoms with Gasteiger partial charge in [0.05, 0.1) is 0 Å². The fourth-order valence-electron chi connectivity index (χ4n) is 2.24. The van der Waals surface area contributed by atoms with Gasteiger partial charge in [-0.2, -0.15) is 0 Å². The van der Waals surface area contributed by atoms with Gasteiger partial charge in [0.1, 0.15) is 0 Å². The molecule has 0 saturated heterocycles. The molecule has 0 aliphatic heterocycles. The summed E-state index contributed by atoms with van der Waals surface area (Å²) in [5.74, 6) is 1.83. The van der Waals surface area contributed by atoms with Crippen LogP contribution in [0.4, 0.5) is 0 Å². The molecule has 0 aromatic heterocycles. The van der Waals surface area contributed by atoms with Crippen molar-refractivity contribution in [1.29, 1.82) is 0 Å². The zero-order valence-electron chi connectivity index (χ0n) is 9.00. The topological polar surface area (TPSA) is 0 Å². The summed E-state index contributed by atoms with van der Waals surface area (Å²) >= 11 is 0. The Balaban J connectivity index is 2.02. The Morgan fingerprint density at radius 2 is 2.07 bits per heavy atom. The molecule has 0 nitrogen and oxygen atoms in total. The largest absolute Gasteiger partial charge is 0.0654 e. The number of benzene rings is 1. The molecule has 0 bridgehead atoms. The maximum atomic E-state index is 3.10. The van der Waals surface area contributed by atoms with Crippen molar-refractivity contribution in [1.82, 2.24) is 0 Å². The quantitative estimate of drug-likeness (QED) is 0.649. The molecule has 1 aliphatic rings. The molecule has 75 valence electrons. The molecule has 1 fully saturated rings. The van der Waals surface area contributed by atoms with Crippen molar-refractivity contribution >= 4 is 0 Å². The van der Waals surface area contributed by atoms with E-state index in [9.17, 15) is 0 Å². The molecule has 14 heavy (non-hydrogen) atoms. The van der Waals surface area contributed by atoms with E-state index in [2.05, 4.69) is 37.3 Å². The minimum absolute atomic E-state index is 0.838. The van der Waals surface area contributed by atoms with Crippen molar-refractivity contribution in [2.75, 3.05) is 0 Å². The van der Waals surface area contributed by atoms with Crippen LogP contribution < -0.4 is 0 Å². The molecule has 2 rings (SSSR count). The van der Waals surface area contributed by atoms with E-state index in [0.29, 0.717) is 0 Å². The maximum Gasteiger partial charge on any atom is -0.0134 e. The summed E-state index contributed by atoms with van der Waals surface area (Å²) in [7, 11) is 0. The molecule has 1 atom stereocenters. The third-order valence-corrected chi connectivity index (χ3v) is 3.23. The minimum Gasteiger partial charge on any atom is -0.0654 e. The predicted molar refractivity (Wildman–Crippen MR) is 60.3 cm³/mol. The fourth-order valence-corrected chi connectivity index (χ4v) is 2.24. The van der Waals surface area contributed by atoms with E-state index in [1.165, 1.54) is 32.1 Å². The molecule has 0 heterocycles. The Morgan fingerprint density at radius 1 is 1.36 bits per heavy atom. The Hall–Kier alpha value is -0.780. The summed E-state index contributed by atoms with van der Waals surface area (Å²) in [4.78, 5) is 0. The lowest BCUT2D eigenvalue weighted by atomic mass is 9.89. The Bertz CT molecular complexity index is 259.